The number of aliphatic carboxylic acids is 1. The molecule has 1 aliphatic heterocycles. The highest BCUT2D eigenvalue weighted by atomic mass is 16.5. The van der Waals surface area contributed by atoms with E-state index in [2.05, 4.69) is 10.2 Å². The number of carboxylic acids is 1. The second kappa shape index (κ2) is 6.97. The molecule has 1 rings (SSSR count). The van der Waals surface area contributed by atoms with Crippen LogP contribution in [0.1, 0.15) is 0 Å². The van der Waals surface area contributed by atoms with Crippen molar-refractivity contribution in [1.82, 2.24) is 10.2 Å². The molecule has 1 amide bonds. The second-order valence-electron chi connectivity index (χ2n) is 3.42. The first-order valence-electron chi connectivity index (χ1n) is 5.17. The lowest BCUT2D eigenvalue weighted by atomic mass is 10.4. The Balaban J connectivity index is 2.09. The van der Waals surface area contributed by atoms with E-state index in [1.807, 2.05) is 0 Å². The van der Waals surface area contributed by atoms with E-state index in [9.17, 15) is 9.59 Å². The van der Waals surface area contributed by atoms with Gasteiger partial charge in [0.15, 0.2) is 0 Å². The highest BCUT2D eigenvalue weighted by Crippen LogP contribution is 1.94. The number of hydrogen-bond acceptors (Lipinski definition) is 4. The number of nitrogens with one attached hydrogen (secondary N) is 1. The maximum Gasteiger partial charge on any atom is 0.328 e. The van der Waals surface area contributed by atoms with Crippen LogP contribution in [0.3, 0.4) is 0 Å². The zero-order valence-electron chi connectivity index (χ0n) is 9.02. The zero-order chi connectivity index (χ0) is 11.8. The average Bonchev–Trinajstić information content (AvgIpc) is 2.28. The smallest absolute Gasteiger partial charge is 0.328 e. The zero-order valence-corrected chi connectivity index (χ0v) is 9.02. The van der Waals surface area contributed by atoms with Gasteiger partial charge in [0.1, 0.15) is 0 Å². The number of morpholine rings is 1. The molecule has 6 nitrogen and oxygen atoms in total. The second-order valence-corrected chi connectivity index (χ2v) is 3.42. The fourth-order valence-corrected chi connectivity index (χ4v) is 1.37. The molecule has 0 unspecified atom stereocenters. The van der Waals surface area contributed by atoms with Crippen molar-refractivity contribution in [3.63, 3.8) is 0 Å². The van der Waals surface area contributed by atoms with Crippen molar-refractivity contribution in [3.05, 3.63) is 12.2 Å². The average molecular weight is 228 g/mol. The van der Waals surface area contributed by atoms with E-state index in [0.717, 1.165) is 45.0 Å². The summed E-state index contributed by atoms with van der Waals surface area (Å²) in [5.74, 6) is -1.50. The van der Waals surface area contributed by atoms with Crippen molar-refractivity contribution in [2.75, 3.05) is 39.4 Å². The number of hydrogen-bond donors (Lipinski definition) is 2. The quantitative estimate of drug-likeness (QED) is 0.595. The molecule has 0 aliphatic carbocycles. The van der Waals surface area contributed by atoms with E-state index in [1.165, 1.54) is 0 Å². The molecule has 0 aromatic carbocycles. The monoisotopic (exact) mass is 228 g/mol. The van der Waals surface area contributed by atoms with Crippen molar-refractivity contribution in [1.29, 1.82) is 0 Å². The summed E-state index contributed by atoms with van der Waals surface area (Å²) in [6, 6.07) is 0. The molecule has 1 heterocycles. The lowest BCUT2D eigenvalue weighted by Gasteiger charge is -2.26. The lowest BCUT2D eigenvalue weighted by Crippen LogP contribution is -2.41. The fourth-order valence-electron chi connectivity index (χ4n) is 1.37. The van der Waals surface area contributed by atoms with Gasteiger partial charge in [0.05, 0.1) is 13.2 Å². The minimum absolute atomic E-state index is 0.379. The van der Waals surface area contributed by atoms with Crippen molar-refractivity contribution < 1.29 is 19.4 Å². The van der Waals surface area contributed by atoms with Crippen LogP contribution in [0.5, 0.6) is 0 Å². The molecule has 0 radical (unpaired) electrons. The maximum absolute atomic E-state index is 11.1. The minimum atomic E-state index is -1.12. The highest BCUT2D eigenvalue weighted by molar-refractivity contribution is 5.93. The summed E-state index contributed by atoms with van der Waals surface area (Å²) in [5.41, 5.74) is 0. The topological polar surface area (TPSA) is 78.9 Å². The Morgan fingerprint density at radius 2 is 2.00 bits per heavy atom. The van der Waals surface area contributed by atoms with Crippen LogP contribution in [0.25, 0.3) is 0 Å². The first-order chi connectivity index (χ1) is 7.68. The molecular formula is C10H16N2O4. The molecule has 0 aromatic heterocycles. The summed E-state index contributed by atoms with van der Waals surface area (Å²) in [4.78, 5) is 23.4. The Hall–Kier alpha value is -1.40. The van der Waals surface area contributed by atoms with Crippen LogP contribution in [0, 0.1) is 0 Å². The van der Waals surface area contributed by atoms with Crippen molar-refractivity contribution in [2.24, 2.45) is 0 Å². The lowest BCUT2D eigenvalue weighted by molar-refractivity contribution is -0.131. The third-order valence-electron chi connectivity index (χ3n) is 2.21. The van der Waals surface area contributed by atoms with Gasteiger partial charge >= 0.3 is 5.97 Å². The Kier molecular flexibility index (Phi) is 5.52. The Morgan fingerprint density at radius 1 is 1.31 bits per heavy atom. The first-order valence-corrected chi connectivity index (χ1v) is 5.17. The number of ether oxygens (including phenoxy) is 1. The molecule has 0 bridgehead atoms. The molecule has 1 aliphatic rings. The fraction of sp³-hybridized carbons (Fsp3) is 0.600. The molecule has 90 valence electrons. The third kappa shape index (κ3) is 5.47. The van der Waals surface area contributed by atoms with E-state index in [-0.39, 0.29) is 5.91 Å². The number of nitrogens with zero attached hydrogens (tertiary/aromatic N) is 1. The van der Waals surface area contributed by atoms with Gasteiger partial charge in [0.2, 0.25) is 5.91 Å². The number of amides is 1. The Bertz CT molecular complexity index is 272. The van der Waals surface area contributed by atoms with Gasteiger partial charge in [-0.2, -0.15) is 0 Å². The summed E-state index contributed by atoms with van der Waals surface area (Å²) in [6.45, 7) is 4.49. The molecule has 0 saturated carbocycles. The van der Waals surface area contributed by atoms with Gasteiger partial charge in [-0.15, -0.1) is 0 Å². The van der Waals surface area contributed by atoms with Crippen LogP contribution < -0.4 is 5.32 Å². The SMILES string of the molecule is O=C(O)/C=C\C(=O)NCCN1CCOCC1. The molecule has 1 saturated heterocycles. The largest absolute Gasteiger partial charge is 0.478 e. The Morgan fingerprint density at radius 3 is 2.62 bits per heavy atom. The van der Waals surface area contributed by atoms with Crippen LogP contribution in [-0.2, 0) is 14.3 Å². The van der Waals surface area contributed by atoms with Gasteiger partial charge in [-0.1, -0.05) is 0 Å². The molecular weight excluding hydrogens is 212 g/mol. The number of carbonyl (C=O) groups is 2. The standard InChI is InChI=1S/C10H16N2O4/c13-9(1-2-10(14)15)11-3-4-12-5-7-16-8-6-12/h1-2H,3-8H2,(H,11,13)(H,14,15)/b2-1-. The summed E-state index contributed by atoms with van der Waals surface area (Å²) in [5, 5.41) is 10.9. The summed E-state index contributed by atoms with van der Waals surface area (Å²) in [7, 11) is 0. The first kappa shape index (κ1) is 12.7. The van der Waals surface area contributed by atoms with E-state index in [0.29, 0.717) is 6.54 Å². The number of carboxylic acid groups (broad SMARTS) is 1. The van der Waals surface area contributed by atoms with Crippen LogP contribution in [-0.4, -0.2) is 61.3 Å². The van der Waals surface area contributed by atoms with Crippen molar-refractivity contribution in [2.45, 2.75) is 0 Å². The number of rotatable bonds is 5. The van der Waals surface area contributed by atoms with Gasteiger partial charge in [0, 0.05) is 38.3 Å². The Labute approximate surface area is 93.9 Å². The van der Waals surface area contributed by atoms with E-state index >= 15 is 0 Å². The highest BCUT2D eigenvalue weighted by Gasteiger charge is 2.09. The van der Waals surface area contributed by atoms with Crippen LogP contribution in [0.4, 0.5) is 0 Å². The molecule has 0 spiro atoms. The van der Waals surface area contributed by atoms with Crippen LogP contribution in [0.2, 0.25) is 0 Å². The summed E-state index contributed by atoms with van der Waals surface area (Å²) < 4.78 is 5.19. The predicted octanol–water partition coefficient (Wildman–Crippen LogP) is -0.924. The molecule has 0 aromatic rings. The van der Waals surface area contributed by atoms with Gasteiger partial charge in [0.25, 0.3) is 0 Å². The van der Waals surface area contributed by atoms with E-state index in [4.69, 9.17) is 9.84 Å². The van der Waals surface area contributed by atoms with Gasteiger partial charge in [-0.3, -0.25) is 9.69 Å². The molecule has 6 heteroatoms. The van der Waals surface area contributed by atoms with Crippen molar-refractivity contribution in [3.8, 4) is 0 Å². The normalized spacial score (nSPS) is 17.5. The van der Waals surface area contributed by atoms with Gasteiger partial charge in [-0.25, -0.2) is 4.79 Å². The minimum Gasteiger partial charge on any atom is -0.478 e. The molecule has 2 N–H and O–H groups in total. The molecule has 1 fully saturated rings. The van der Waals surface area contributed by atoms with Crippen LogP contribution in [0.15, 0.2) is 12.2 Å². The van der Waals surface area contributed by atoms with Gasteiger partial charge < -0.3 is 15.2 Å². The molecule has 0 atom stereocenters. The van der Waals surface area contributed by atoms with Gasteiger partial charge in [-0.05, 0) is 0 Å². The van der Waals surface area contributed by atoms with E-state index < -0.39 is 5.97 Å². The van der Waals surface area contributed by atoms with Crippen molar-refractivity contribution >= 4 is 11.9 Å². The number of carbonyl (C=O) groups excluding carboxylic acids is 1. The van der Waals surface area contributed by atoms with Crippen LogP contribution >= 0.6 is 0 Å². The summed E-state index contributed by atoms with van der Waals surface area (Å²) >= 11 is 0. The summed E-state index contributed by atoms with van der Waals surface area (Å²) in [6.07, 6.45) is 1.84. The molecule has 16 heavy (non-hydrogen) atoms. The van der Waals surface area contributed by atoms with E-state index in [1.54, 1.807) is 0 Å². The maximum atomic E-state index is 11.1. The third-order valence-corrected chi connectivity index (χ3v) is 2.21. The predicted molar refractivity (Wildman–Crippen MR) is 57.0 cm³/mol.